The summed E-state index contributed by atoms with van der Waals surface area (Å²) in [6.07, 6.45) is 7.15. The summed E-state index contributed by atoms with van der Waals surface area (Å²) in [5, 5.41) is 9.69. The lowest BCUT2D eigenvalue weighted by atomic mass is 9.94. The Labute approximate surface area is 155 Å². The topological polar surface area (TPSA) is 66.1 Å². The summed E-state index contributed by atoms with van der Waals surface area (Å²) in [5.74, 6) is 0.00339. The standard InChI is InChI=1S/C19H20BrN3O2/c1-22(15-5-3-2-4-6-15)18(24)12-23-11-13(10-21)19(25)16-9-14(20)7-8-17(16)23/h7-9,11,15H,2-6,12H2,1H3. The first-order valence-corrected chi connectivity index (χ1v) is 9.29. The van der Waals surface area contributed by atoms with Gasteiger partial charge in [0.05, 0.1) is 5.52 Å². The Morgan fingerprint density at radius 3 is 2.76 bits per heavy atom. The molecule has 130 valence electrons. The van der Waals surface area contributed by atoms with Crippen molar-refractivity contribution in [3.63, 3.8) is 0 Å². The Morgan fingerprint density at radius 1 is 1.36 bits per heavy atom. The third-order valence-electron chi connectivity index (χ3n) is 4.98. The Morgan fingerprint density at radius 2 is 2.08 bits per heavy atom. The molecule has 1 heterocycles. The number of amides is 1. The molecule has 1 fully saturated rings. The van der Waals surface area contributed by atoms with E-state index >= 15 is 0 Å². The molecule has 1 amide bonds. The maximum atomic E-state index is 12.7. The fourth-order valence-corrected chi connectivity index (χ4v) is 3.87. The molecule has 0 saturated heterocycles. The molecule has 0 N–H and O–H groups in total. The van der Waals surface area contributed by atoms with Crippen LogP contribution in [-0.4, -0.2) is 28.5 Å². The number of hydrogen-bond donors (Lipinski definition) is 0. The molecule has 5 nitrogen and oxygen atoms in total. The van der Waals surface area contributed by atoms with E-state index in [-0.39, 0.29) is 29.5 Å². The number of rotatable bonds is 3. The summed E-state index contributed by atoms with van der Waals surface area (Å²) in [6, 6.07) is 7.56. The SMILES string of the molecule is CN(C(=O)Cn1cc(C#N)c(=O)c2cc(Br)ccc21)C1CCCCC1. The second-order valence-corrected chi connectivity index (χ2v) is 7.49. The van der Waals surface area contributed by atoms with Crippen molar-refractivity contribution in [1.29, 1.82) is 5.26 Å². The molecule has 0 bridgehead atoms. The van der Waals surface area contributed by atoms with Gasteiger partial charge < -0.3 is 9.47 Å². The molecule has 0 aliphatic heterocycles. The van der Waals surface area contributed by atoms with E-state index in [1.807, 2.05) is 24.1 Å². The predicted octanol–water partition coefficient (Wildman–Crippen LogP) is 3.43. The van der Waals surface area contributed by atoms with Crippen LogP contribution in [0.3, 0.4) is 0 Å². The van der Waals surface area contributed by atoms with Gasteiger partial charge in [0.25, 0.3) is 0 Å². The summed E-state index contributed by atoms with van der Waals surface area (Å²) in [7, 11) is 1.85. The minimum atomic E-state index is -0.303. The number of halogens is 1. The highest BCUT2D eigenvalue weighted by atomic mass is 79.9. The summed E-state index contributed by atoms with van der Waals surface area (Å²) < 4.78 is 2.48. The van der Waals surface area contributed by atoms with Gasteiger partial charge in [-0.2, -0.15) is 5.26 Å². The van der Waals surface area contributed by atoms with Gasteiger partial charge in [0.15, 0.2) is 0 Å². The number of fused-ring (bicyclic) bond motifs is 1. The highest BCUT2D eigenvalue weighted by molar-refractivity contribution is 9.10. The molecule has 1 aliphatic carbocycles. The van der Waals surface area contributed by atoms with E-state index in [9.17, 15) is 14.9 Å². The van der Waals surface area contributed by atoms with Gasteiger partial charge in [0, 0.05) is 29.1 Å². The first-order chi connectivity index (χ1) is 12.0. The average molecular weight is 402 g/mol. The Balaban J connectivity index is 1.95. The van der Waals surface area contributed by atoms with Gasteiger partial charge in [-0.3, -0.25) is 9.59 Å². The second-order valence-electron chi connectivity index (χ2n) is 6.57. The molecule has 25 heavy (non-hydrogen) atoms. The molecule has 1 saturated carbocycles. The normalized spacial score (nSPS) is 15.1. The number of hydrogen-bond acceptors (Lipinski definition) is 3. The summed E-state index contributed by atoms with van der Waals surface area (Å²) in [6.45, 7) is 0.125. The van der Waals surface area contributed by atoms with Crippen molar-refractivity contribution in [3.8, 4) is 6.07 Å². The summed E-state index contributed by atoms with van der Waals surface area (Å²) in [4.78, 5) is 26.9. The van der Waals surface area contributed by atoms with Crippen molar-refractivity contribution in [3.05, 3.63) is 44.7 Å². The zero-order valence-corrected chi connectivity index (χ0v) is 15.8. The molecule has 3 rings (SSSR count). The van der Waals surface area contributed by atoms with Gasteiger partial charge in [0.2, 0.25) is 11.3 Å². The lowest BCUT2D eigenvalue weighted by Crippen LogP contribution is -2.40. The van der Waals surface area contributed by atoms with Gasteiger partial charge in [-0.25, -0.2) is 0 Å². The van der Waals surface area contributed by atoms with Crippen LogP contribution < -0.4 is 5.43 Å². The van der Waals surface area contributed by atoms with Crippen molar-refractivity contribution in [2.75, 3.05) is 7.05 Å². The molecule has 0 unspecified atom stereocenters. The van der Waals surface area contributed by atoms with Crippen LogP contribution in [0.1, 0.15) is 37.7 Å². The molecular formula is C19H20BrN3O2. The predicted molar refractivity (Wildman–Crippen MR) is 100 cm³/mol. The van der Waals surface area contributed by atoms with Crippen molar-refractivity contribution in [2.45, 2.75) is 44.7 Å². The quantitative estimate of drug-likeness (QED) is 0.790. The van der Waals surface area contributed by atoms with E-state index in [1.54, 1.807) is 16.7 Å². The van der Waals surface area contributed by atoms with E-state index in [4.69, 9.17) is 0 Å². The third kappa shape index (κ3) is 3.62. The van der Waals surface area contributed by atoms with E-state index in [0.29, 0.717) is 10.9 Å². The van der Waals surface area contributed by atoms with Crippen molar-refractivity contribution >= 4 is 32.7 Å². The smallest absolute Gasteiger partial charge is 0.242 e. The van der Waals surface area contributed by atoms with Crippen molar-refractivity contribution < 1.29 is 4.79 Å². The number of pyridine rings is 1. The molecule has 0 spiro atoms. The molecule has 0 radical (unpaired) electrons. The van der Waals surface area contributed by atoms with Crippen molar-refractivity contribution in [1.82, 2.24) is 9.47 Å². The van der Waals surface area contributed by atoms with Crippen LogP contribution >= 0.6 is 15.9 Å². The number of carbonyl (C=O) groups is 1. The number of nitrogens with zero attached hydrogens (tertiary/aromatic N) is 3. The maximum Gasteiger partial charge on any atom is 0.242 e. The van der Waals surface area contributed by atoms with Crippen LogP contribution in [0.25, 0.3) is 10.9 Å². The fourth-order valence-electron chi connectivity index (χ4n) is 3.51. The van der Waals surface area contributed by atoms with Gasteiger partial charge in [-0.1, -0.05) is 35.2 Å². The number of nitriles is 1. The Hall–Kier alpha value is -2.13. The Bertz CT molecular complexity index is 907. The summed E-state index contributed by atoms with van der Waals surface area (Å²) in [5.41, 5.74) is 0.416. The Kier molecular flexibility index (Phi) is 5.24. The minimum absolute atomic E-state index is 0.00339. The van der Waals surface area contributed by atoms with Crippen LogP contribution in [0.4, 0.5) is 0 Å². The molecule has 1 aromatic heterocycles. The van der Waals surface area contributed by atoms with Gasteiger partial charge in [-0.15, -0.1) is 0 Å². The van der Waals surface area contributed by atoms with Crippen LogP contribution in [0.15, 0.2) is 33.7 Å². The van der Waals surface area contributed by atoms with Crippen molar-refractivity contribution in [2.24, 2.45) is 0 Å². The first-order valence-electron chi connectivity index (χ1n) is 8.49. The van der Waals surface area contributed by atoms with E-state index in [2.05, 4.69) is 15.9 Å². The van der Waals surface area contributed by atoms with E-state index in [1.165, 1.54) is 12.6 Å². The van der Waals surface area contributed by atoms with Crippen LogP contribution in [0.2, 0.25) is 0 Å². The number of carbonyl (C=O) groups excluding carboxylic acids is 1. The van der Waals surface area contributed by atoms with E-state index in [0.717, 1.165) is 30.2 Å². The third-order valence-corrected chi connectivity index (χ3v) is 5.48. The van der Waals surface area contributed by atoms with Crippen LogP contribution in [0.5, 0.6) is 0 Å². The highest BCUT2D eigenvalue weighted by Crippen LogP contribution is 2.22. The molecule has 1 aromatic carbocycles. The largest absolute Gasteiger partial charge is 0.341 e. The molecule has 0 atom stereocenters. The van der Waals surface area contributed by atoms with E-state index < -0.39 is 0 Å². The van der Waals surface area contributed by atoms with Gasteiger partial charge in [-0.05, 0) is 31.0 Å². The fraction of sp³-hybridized carbons (Fsp3) is 0.421. The van der Waals surface area contributed by atoms with Crippen LogP contribution in [0, 0.1) is 11.3 Å². The first kappa shape index (κ1) is 17.7. The van der Waals surface area contributed by atoms with Crippen LogP contribution in [-0.2, 0) is 11.3 Å². The monoisotopic (exact) mass is 401 g/mol. The average Bonchev–Trinajstić information content (AvgIpc) is 2.64. The minimum Gasteiger partial charge on any atom is -0.341 e. The van der Waals surface area contributed by atoms with Gasteiger partial charge >= 0.3 is 0 Å². The van der Waals surface area contributed by atoms with Gasteiger partial charge in [0.1, 0.15) is 18.2 Å². The lowest BCUT2D eigenvalue weighted by Gasteiger charge is -2.31. The number of benzene rings is 1. The highest BCUT2D eigenvalue weighted by Gasteiger charge is 2.22. The second kappa shape index (κ2) is 7.40. The lowest BCUT2D eigenvalue weighted by molar-refractivity contribution is -0.133. The molecule has 6 heteroatoms. The molecule has 1 aliphatic rings. The molecule has 2 aromatic rings. The zero-order valence-electron chi connectivity index (χ0n) is 14.2. The number of likely N-dealkylation sites (N-methyl/N-ethyl adjacent to an activating group) is 1. The number of aromatic nitrogens is 1. The maximum absolute atomic E-state index is 12.7. The zero-order chi connectivity index (χ0) is 18.0. The summed E-state index contributed by atoms with van der Waals surface area (Å²) >= 11 is 3.36. The molecular weight excluding hydrogens is 382 g/mol.